The van der Waals surface area contributed by atoms with Crippen molar-refractivity contribution >= 4 is 21.4 Å². The van der Waals surface area contributed by atoms with Crippen molar-refractivity contribution in [2.45, 2.75) is 37.5 Å². The van der Waals surface area contributed by atoms with Crippen molar-refractivity contribution in [2.75, 3.05) is 11.9 Å². The van der Waals surface area contributed by atoms with Crippen molar-refractivity contribution in [3.8, 4) is 0 Å². The number of anilines is 1. The maximum atomic E-state index is 11.7. The summed E-state index contributed by atoms with van der Waals surface area (Å²) in [6, 6.07) is 3.69. The van der Waals surface area contributed by atoms with E-state index in [-0.39, 0.29) is 10.6 Å². The molecular weight excluding hydrogens is 306 g/mol. The van der Waals surface area contributed by atoms with Gasteiger partial charge >= 0.3 is 0 Å². The van der Waals surface area contributed by atoms with Gasteiger partial charge in [0.05, 0.1) is 10.6 Å². The number of nitrogens with two attached hydrogens (primary N) is 1. The summed E-state index contributed by atoms with van der Waals surface area (Å²) in [5.41, 5.74) is 0.0338. The highest BCUT2D eigenvalue weighted by molar-refractivity contribution is 7.89. The maximum absolute atomic E-state index is 11.7. The quantitative estimate of drug-likeness (QED) is 0.636. The monoisotopic (exact) mass is 327 g/mol. The molecule has 0 spiro atoms. The number of nitrogens with one attached hydrogen (secondary N) is 1. The minimum Gasteiger partial charge on any atom is -0.384 e. The third-order valence-electron chi connectivity index (χ3n) is 4.33. The first-order valence-electron chi connectivity index (χ1n) is 7.34. The smallest absolute Gasteiger partial charge is 0.270 e. The molecule has 0 saturated heterocycles. The molecule has 7 nitrogen and oxygen atoms in total. The van der Waals surface area contributed by atoms with E-state index >= 15 is 0 Å². The van der Waals surface area contributed by atoms with Crippen LogP contribution in [0.25, 0.3) is 0 Å². The van der Waals surface area contributed by atoms with Crippen LogP contribution in [0.15, 0.2) is 23.1 Å². The van der Waals surface area contributed by atoms with E-state index in [1.807, 2.05) is 0 Å². The van der Waals surface area contributed by atoms with Gasteiger partial charge in [-0.05, 0) is 24.3 Å². The molecule has 1 saturated carbocycles. The summed E-state index contributed by atoms with van der Waals surface area (Å²) in [6.07, 6.45) is 4.69. The lowest BCUT2D eigenvalue weighted by Gasteiger charge is -2.29. The second-order valence-corrected chi connectivity index (χ2v) is 7.42. The molecule has 0 bridgehead atoms. The van der Waals surface area contributed by atoms with Crippen LogP contribution in [0.2, 0.25) is 0 Å². The molecule has 0 aromatic heterocycles. The van der Waals surface area contributed by atoms with Crippen LogP contribution >= 0.6 is 0 Å². The molecule has 2 unspecified atom stereocenters. The van der Waals surface area contributed by atoms with E-state index in [0.29, 0.717) is 24.1 Å². The van der Waals surface area contributed by atoms with E-state index in [4.69, 9.17) is 5.14 Å². The van der Waals surface area contributed by atoms with Crippen molar-refractivity contribution in [1.29, 1.82) is 0 Å². The molecule has 1 aromatic rings. The van der Waals surface area contributed by atoms with E-state index in [9.17, 15) is 18.5 Å². The molecule has 122 valence electrons. The molecule has 1 aromatic carbocycles. The Hall–Kier alpha value is -1.67. The fourth-order valence-electron chi connectivity index (χ4n) is 2.94. The summed E-state index contributed by atoms with van der Waals surface area (Å²) in [6.45, 7) is 2.84. The van der Waals surface area contributed by atoms with E-state index in [0.717, 1.165) is 12.5 Å². The van der Waals surface area contributed by atoms with Gasteiger partial charge in [-0.1, -0.05) is 26.2 Å². The predicted octanol–water partition coefficient (Wildman–Crippen LogP) is 2.48. The molecule has 1 fully saturated rings. The number of non-ortho nitro benzene ring substituents is 1. The van der Waals surface area contributed by atoms with Gasteiger partial charge in [-0.15, -0.1) is 0 Å². The summed E-state index contributed by atoms with van der Waals surface area (Å²) in [7, 11) is -4.02. The lowest BCUT2D eigenvalue weighted by atomic mass is 9.80. The lowest BCUT2D eigenvalue weighted by molar-refractivity contribution is -0.385. The number of benzene rings is 1. The van der Waals surface area contributed by atoms with Gasteiger partial charge in [-0.2, -0.15) is 0 Å². The van der Waals surface area contributed by atoms with Gasteiger partial charge in [-0.3, -0.25) is 10.1 Å². The minimum absolute atomic E-state index is 0.231. The predicted molar refractivity (Wildman–Crippen MR) is 84.1 cm³/mol. The highest BCUT2D eigenvalue weighted by Crippen LogP contribution is 2.31. The largest absolute Gasteiger partial charge is 0.384 e. The lowest BCUT2D eigenvalue weighted by Crippen LogP contribution is -2.25. The van der Waals surface area contributed by atoms with Crippen molar-refractivity contribution in [2.24, 2.45) is 17.0 Å². The van der Waals surface area contributed by atoms with Crippen LogP contribution in [0.4, 0.5) is 11.4 Å². The fourth-order valence-corrected chi connectivity index (χ4v) is 3.68. The van der Waals surface area contributed by atoms with Crippen LogP contribution < -0.4 is 10.5 Å². The normalized spacial score (nSPS) is 22.3. The van der Waals surface area contributed by atoms with Crippen LogP contribution in [0.5, 0.6) is 0 Å². The third-order valence-corrected chi connectivity index (χ3v) is 5.28. The third kappa shape index (κ3) is 3.95. The second-order valence-electron chi connectivity index (χ2n) is 5.89. The molecular formula is C14H21N3O4S. The van der Waals surface area contributed by atoms with Crippen LogP contribution in [0.3, 0.4) is 0 Å². The van der Waals surface area contributed by atoms with Gasteiger partial charge < -0.3 is 5.32 Å². The molecule has 2 rings (SSSR count). The van der Waals surface area contributed by atoms with Crippen molar-refractivity contribution in [3.05, 3.63) is 28.3 Å². The Morgan fingerprint density at radius 2 is 2.05 bits per heavy atom. The number of nitrogens with zero attached hydrogens (tertiary/aromatic N) is 1. The molecule has 8 heteroatoms. The Kier molecular flexibility index (Phi) is 5.02. The highest BCUT2D eigenvalue weighted by atomic mass is 32.2. The molecule has 2 atom stereocenters. The van der Waals surface area contributed by atoms with Crippen LogP contribution in [0.1, 0.15) is 32.6 Å². The highest BCUT2D eigenvalue weighted by Gasteiger charge is 2.23. The number of nitro groups is 1. The number of rotatable bonds is 5. The van der Waals surface area contributed by atoms with Crippen molar-refractivity contribution < 1.29 is 13.3 Å². The van der Waals surface area contributed by atoms with E-state index in [1.165, 1.54) is 31.4 Å². The van der Waals surface area contributed by atoms with Gasteiger partial charge in [-0.25, -0.2) is 13.6 Å². The van der Waals surface area contributed by atoms with Crippen LogP contribution in [0, 0.1) is 22.0 Å². The summed E-state index contributed by atoms with van der Waals surface area (Å²) in [5.74, 6) is 1.05. The number of hydrogen-bond acceptors (Lipinski definition) is 5. The Labute approximate surface area is 130 Å². The van der Waals surface area contributed by atoms with Gasteiger partial charge in [0.2, 0.25) is 10.0 Å². The minimum atomic E-state index is -4.02. The molecule has 1 aliphatic carbocycles. The molecule has 22 heavy (non-hydrogen) atoms. The van der Waals surface area contributed by atoms with Gasteiger partial charge in [0.25, 0.3) is 5.69 Å². The molecule has 0 radical (unpaired) electrons. The van der Waals surface area contributed by atoms with Gasteiger partial charge in [0.1, 0.15) is 4.90 Å². The van der Waals surface area contributed by atoms with Crippen molar-refractivity contribution in [1.82, 2.24) is 0 Å². The molecule has 0 amide bonds. The van der Waals surface area contributed by atoms with E-state index < -0.39 is 14.9 Å². The van der Waals surface area contributed by atoms with E-state index in [2.05, 4.69) is 12.2 Å². The zero-order chi connectivity index (χ0) is 16.3. The number of sulfonamides is 1. The zero-order valence-electron chi connectivity index (χ0n) is 12.5. The second kappa shape index (κ2) is 6.62. The van der Waals surface area contributed by atoms with Gasteiger partial charge in [0.15, 0.2) is 0 Å². The summed E-state index contributed by atoms with van der Waals surface area (Å²) in [4.78, 5) is 9.92. The SMILES string of the molecule is CC1CCCCC1CNc1ccc([N+](=O)[O-])cc1S(N)(=O)=O. The summed E-state index contributed by atoms with van der Waals surface area (Å²) in [5, 5.41) is 19.1. The number of nitro benzene ring substituents is 1. The first-order chi connectivity index (χ1) is 10.3. The zero-order valence-corrected chi connectivity index (χ0v) is 13.3. The molecule has 0 heterocycles. The van der Waals surface area contributed by atoms with Crippen LogP contribution in [-0.4, -0.2) is 19.9 Å². The topological polar surface area (TPSA) is 115 Å². The maximum Gasteiger partial charge on any atom is 0.270 e. The molecule has 3 N–H and O–H groups in total. The van der Waals surface area contributed by atoms with Gasteiger partial charge in [0, 0.05) is 18.7 Å². The first kappa shape index (κ1) is 16.7. The molecule has 0 aliphatic heterocycles. The molecule has 1 aliphatic rings. The standard InChI is InChI=1S/C14H21N3O4S/c1-10-4-2-3-5-11(10)9-16-13-7-6-12(17(18)19)8-14(13)22(15,20)21/h6-8,10-11,16H,2-5,9H2,1H3,(H2,15,20,21). The Morgan fingerprint density at radius 1 is 1.36 bits per heavy atom. The summed E-state index contributed by atoms with van der Waals surface area (Å²) >= 11 is 0. The van der Waals surface area contributed by atoms with E-state index in [1.54, 1.807) is 0 Å². The first-order valence-corrected chi connectivity index (χ1v) is 8.89. The average molecular weight is 327 g/mol. The van der Waals surface area contributed by atoms with Crippen molar-refractivity contribution in [3.63, 3.8) is 0 Å². The number of primary sulfonamides is 1. The number of hydrogen-bond donors (Lipinski definition) is 2. The Morgan fingerprint density at radius 3 is 2.64 bits per heavy atom. The summed E-state index contributed by atoms with van der Waals surface area (Å²) < 4.78 is 23.3. The van der Waals surface area contributed by atoms with Crippen LogP contribution in [-0.2, 0) is 10.0 Å². The Bertz CT molecular complexity index is 660. The fraction of sp³-hybridized carbons (Fsp3) is 0.571. The Balaban J connectivity index is 2.21. The average Bonchev–Trinajstić information content (AvgIpc) is 2.45.